The van der Waals surface area contributed by atoms with Crippen molar-refractivity contribution in [3.05, 3.63) is 35.4 Å². The van der Waals surface area contributed by atoms with Crippen LogP contribution < -0.4 is 5.32 Å². The summed E-state index contributed by atoms with van der Waals surface area (Å²) in [6.07, 6.45) is 2.42. The lowest BCUT2D eigenvalue weighted by molar-refractivity contribution is 0.0549. The van der Waals surface area contributed by atoms with Gasteiger partial charge in [0.15, 0.2) is 0 Å². The maximum absolute atomic E-state index is 5.44. The predicted octanol–water partition coefficient (Wildman–Crippen LogP) is 2.65. The number of hydrogen-bond donors (Lipinski definition) is 1. The van der Waals surface area contributed by atoms with E-state index in [1.54, 1.807) is 0 Å². The van der Waals surface area contributed by atoms with Crippen LogP contribution in [0.25, 0.3) is 0 Å². The molecular weight excluding hydrogens is 248 g/mol. The Morgan fingerprint density at radius 3 is 2.60 bits per heavy atom. The van der Waals surface area contributed by atoms with Gasteiger partial charge in [-0.1, -0.05) is 31.2 Å². The van der Waals surface area contributed by atoms with E-state index in [0.29, 0.717) is 0 Å². The molecule has 1 fully saturated rings. The molecule has 0 radical (unpaired) electrons. The van der Waals surface area contributed by atoms with Gasteiger partial charge in [-0.2, -0.15) is 0 Å². The molecule has 0 spiro atoms. The lowest BCUT2D eigenvalue weighted by Gasteiger charge is -2.27. The second-order valence-electron chi connectivity index (χ2n) is 5.80. The smallest absolute Gasteiger partial charge is 0.0469 e. The Balaban J connectivity index is 1.87. The van der Waals surface area contributed by atoms with E-state index in [9.17, 15) is 0 Å². The molecule has 20 heavy (non-hydrogen) atoms. The Kier molecular flexibility index (Phi) is 6.51. The minimum Gasteiger partial charge on any atom is -0.381 e. The van der Waals surface area contributed by atoms with Crippen molar-refractivity contribution in [3.63, 3.8) is 0 Å². The topological polar surface area (TPSA) is 24.5 Å². The van der Waals surface area contributed by atoms with Gasteiger partial charge in [-0.15, -0.1) is 0 Å². The maximum atomic E-state index is 5.44. The highest BCUT2D eigenvalue weighted by molar-refractivity contribution is 5.26. The van der Waals surface area contributed by atoms with Gasteiger partial charge in [-0.25, -0.2) is 0 Å². The molecule has 112 valence electrons. The van der Waals surface area contributed by atoms with E-state index < -0.39 is 0 Å². The monoisotopic (exact) mass is 276 g/mol. The first-order valence-corrected chi connectivity index (χ1v) is 7.83. The summed E-state index contributed by atoms with van der Waals surface area (Å²) >= 11 is 0. The number of rotatable bonds is 7. The standard InChI is InChI=1S/C17H28N2O/c1-3-18-12-16-6-4-5-7-17(16)14-19(2)13-15-8-10-20-11-9-15/h4-7,15,18H,3,8-14H2,1-2H3. The minimum atomic E-state index is 0.801. The Hall–Kier alpha value is -0.900. The molecule has 0 amide bonds. The Morgan fingerprint density at radius 2 is 1.90 bits per heavy atom. The van der Waals surface area contributed by atoms with Gasteiger partial charge in [0.25, 0.3) is 0 Å². The van der Waals surface area contributed by atoms with Gasteiger partial charge in [-0.05, 0) is 43.5 Å². The molecule has 0 saturated carbocycles. The van der Waals surface area contributed by atoms with E-state index in [2.05, 4.69) is 48.5 Å². The maximum Gasteiger partial charge on any atom is 0.0469 e. The zero-order valence-corrected chi connectivity index (χ0v) is 12.9. The molecule has 1 aromatic carbocycles. The molecule has 0 unspecified atom stereocenters. The molecule has 0 atom stereocenters. The fourth-order valence-corrected chi connectivity index (χ4v) is 2.87. The van der Waals surface area contributed by atoms with Crippen molar-refractivity contribution >= 4 is 0 Å². The highest BCUT2D eigenvalue weighted by Gasteiger charge is 2.16. The van der Waals surface area contributed by atoms with Crippen LogP contribution in [-0.2, 0) is 17.8 Å². The number of nitrogens with zero attached hydrogens (tertiary/aromatic N) is 1. The van der Waals surface area contributed by atoms with Crippen LogP contribution in [0.1, 0.15) is 30.9 Å². The highest BCUT2D eigenvalue weighted by atomic mass is 16.5. The quantitative estimate of drug-likeness (QED) is 0.828. The number of nitrogens with one attached hydrogen (secondary N) is 1. The summed E-state index contributed by atoms with van der Waals surface area (Å²) in [5.41, 5.74) is 2.87. The van der Waals surface area contributed by atoms with E-state index in [0.717, 1.165) is 38.8 Å². The van der Waals surface area contributed by atoms with Crippen LogP contribution in [0.3, 0.4) is 0 Å². The molecule has 1 aliphatic rings. The summed E-state index contributed by atoms with van der Waals surface area (Å²) in [4.78, 5) is 2.46. The van der Waals surface area contributed by atoms with Crippen LogP contribution in [0, 0.1) is 5.92 Å². The van der Waals surface area contributed by atoms with Crippen LogP contribution in [-0.4, -0.2) is 38.3 Å². The second kappa shape index (κ2) is 8.40. The van der Waals surface area contributed by atoms with Crippen molar-refractivity contribution in [2.24, 2.45) is 5.92 Å². The minimum absolute atomic E-state index is 0.801. The molecule has 2 rings (SSSR count). The third-order valence-corrected chi connectivity index (χ3v) is 4.03. The summed E-state index contributed by atoms with van der Waals surface area (Å²) in [7, 11) is 2.24. The fraction of sp³-hybridized carbons (Fsp3) is 0.647. The first-order valence-electron chi connectivity index (χ1n) is 7.83. The van der Waals surface area contributed by atoms with Crippen molar-refractivity contribution < 1.29 is 4.74 Å². The summed E-state index contributed by atoms with van der Waals surface area (Å²) in [6.45, 7) is 8.24. The van der Waals surface area contributed by atoms with Gasteiger partial charge < -0.3 is 15.0 Å². The third kappa shape index (κ3) is 4.89. The zero-order chi connectivity index (χ0) is 14.2. The van der Waals surface area contributed by atoms with Crippen LogP contribution >= 0.6 is 0 Å². The molecule has 1 aromatic rings. The highest BCUT2D eigenvalue weighted by Crippen LogP contribution is 2.17. The van der Waals surface area contributed by atoms with Gasteiger partial charge in [0, 0.05) is 32.8 Å². The summed E-state index contributed by atoms with van der Waals surface area (Å²) in [5, 5.41) is 3.42. The van der Waals surface area contributed by atoms with Crippen LogP contribution in [0.2, 0.25) is 0 Å². The molecular formula is C17H28N2O. The number of benzene rings is 1. The molecule has 1 aliphatic heterocycles. The van der Waals surface area contributed by atoms with Crippen LogP contribution in [0.4, 0.5) is 0 Å². The zero-order valence-electron chi connectivity index (χ0n) is 12.9. The summed E-state index contributed by atoms with van der Waals surface area (Å²) < 4.78 is 5.44. The molecule has 0 aromatic heterocycles. The number of ether oxygens (including phenoxy) is 1. The number of hydrogen-bond acceptors (Lipinski definition) is 3. The molecule has 3 heteroatoms. The largest absolute Gasteiger partial charge is 0.381 e. The third-order valence-electron chi connectivity index (χ3n) is 4.03. The molecule has 3 nitrogen and oxygen atoms in total. The first kappa shape index (κ1) is 15.5. The van der Waals surface area contributed by atoms with E-state index in [1.165, 1.54) is 30.5 Å². The SMILES string of the molecule is CCNCc1ccccc1CN(C)CC1CCOCC1. The van der Waals surface area contributed by atoms with Gasteiger partial charge in [0.2, 0.25) is 0 Å². The van der Waals surface area contributed by atoms with Crippen molar-refractivity contribution in [3.8, 4) is 0 Å². The van der Waals surface area contributed by atoms with Crippen LogP contribution in [0.15, 0.2) is 24.3 Å². The van der Waals surface area contributed by atoms with Gasteiger partial charge in [0.05, 0.1) is 0 Å². The van der Waals surface area contributed by atoms with Crippen molar-refractivity contribution in [1.29, 1.82) is 0 Å². The molecule has 0 bridgehead atoms. The average Bonchev–Trinajstić information content (AvgIpc) is 2.47. The molecule has 1 N–H and O–H groups in total. The van der Waals surface area contributed by atoms with E-state index in [4.69, 9.17) is 4.74 Å². The normalized spacial score (nSPS) is 16.8. The molecule has 1 heterocycles. The van der Waals surface area contributed by atoms with Crippen LogP contribution in [0.5, 0.6) is 0 Å². The fourth-order valence-electron chi connectivity index (χ4n) is 2.87. The van der Waals surface area contributed by atoms with Gasteiger partial charge >= 0.3 is 0 Å². The molecule has 1 saturated heterocycles. The average molecular weight is 276 g/mol. The van der Waals surface area contributed by atoms with E-state index in [-0.39, 0.29) is 0 Å². The first-order chi connectivity index (χ1) is 9.79. The van der Waals surface area contributed by atoms with Gasteiger partial charge in [-0.3, -0.25) is 0 Å². The summed E-state index contributed by atoms with van der Waals surface area (Å²) in [6, 6.07) is 8.77. The lowest BCUT2D eigenvalue weighted by Crippen LogP contribution is -2.29. The van der Waals surface area contributed by atoms with E-state index >= 15 is 0 Å². The van der Waals surface area contributed by atoms with Gasteiger partial charge in [0.1, 0.15) is 0 Å². The van der Waals surface area contributed by atoms with Crippen molar-refractivity contribution in [2.75, 3.05) is 33.4 Å². The Morgan fingerprint density at radius 1 is 1.20 bits per heavy atom. The molecule has 0 aliphatic carbocycles. The Labute approximate surface area is 123 Å². The Bertz CT molecular complexity index is 388. The van der Waals surface area contributed by atoms with Crippen molar-refractivity contribution in [2.45, 2.75) is 32.9 Å². The van der Waals surface area contributed by atoms with Crippen molar-refractivity contribution in [1.82, 2.24) is 10.2 Å². The predicted molar refractivity (Wildman–Crippen MR) is 83.7 cm³/mol. The lowest BCUT2D eigenvalue weighted by atomic mass is 9.99. The second-order valence-corrected chi connectivity index (χ2v) is 5.80. The summed E-state index contributed by atoms with van der Waals surface area (Å²) in [5.74, 6) is 0.801. The van der Waals surface area contributed by atoms with E-state index in [1.807, 2.05) is 0 Å².